The average molecular weight is 734 g/mol. The Morgan fingerprint density at radius 1 is 0.256 bits per heavy atom. The third-order valence-electron chi connectivity index (χ3n) is 6.41. The average Bonchev–Trinajstić information content (AvgIpc) is 3.11. The second-order valence-electron chi connectivity index (χ2n) is 9.32. The van der Waals surface area contributed by atoms with Crippen LogP contribution in [0.1, 0.15) is 0 Å². The van der Waals surface area contributed by atoms with Crippen molar-refractivity contribution >= 4 is 0 Å². The molecule has 3 nitrogen and oxygen atoms in total. The maximum atomic E-state index is 4.44. The maximum Gasteiger partial charge on any atom is 3.00 e. The van der Waals surface area contributed by atoms with E-state index < -0.39 is 0 Å². The van der Waals surface area contributed by atoms with Gasteiger partial charge < -0.3 is 0 Å². The summed E-state index contributed by atoms with van der Waals surface area (Å²) in [7, 11) is 0. The van der Waals surface area contributed by atoms with Crippen molar-refractivity contribution in [1.82, 2.24) is 15.0 Å². The quantitative estimate of drug-likeness (QED) is 0.181. The van der Waals surface area contributed by atoms with Gasteiger partial charge in [0.2, 0.25) is 0 Å². The SMILES string of the molecule is [Ir+3].c1ccc(-c2ccccn2)cc1.c1ccc(-c2ccccn2)cc1.c1ccc(-c2ccnc(-c3ccccc3)c2)cc1. The molecule has 0 aliphatic rings. The van der Waals surface area contributed by atoms with Crippen LogP contribution in [0, 0.1) is 0 Å². The van der Waals surface area contributed by atoms with Crippen molar-refractivity contribution in [2.45, 2.75) is 0 Å². The van der Waals surface area contributed by atoms with Crippen LogP contribution in [0.25, 0.3) is 44.9 Å². The summed E-state index contributed by atoms with van der Waals surface area (Å²) in [5.41, 5.74) is 8.96. The van der Waals surface area contributed by atoms with Gasteiger partial charge in [0.25, 0.3) is 0 Å². The molecule has 3 aromatic heterocycles. The Balaban J connectivity index is 0.000000151. The monoisotopic (exact) mass is 734 g/mol. The number of hydrogen-bond acceptors (Lipinski definition) is 3. The first-order valence-electron chi connectivity index (χ1n) is 13.9. The first-order chi connectivity index (χ1) is 20.9. The fourth-order valence-corrected chi connectivity index (χ4v) is 4.29. The van der Waals surface area contributed by atoms with Crippen LogP contribution in [0.5, 0.6) is 0 Å². The van der Waals surface area contributed by atoms with Gasteiger partial charge in [-0.1, -0.05) is 133 Å². The Labute approximate surface area is 267 Å². The molecule has 208 valence electrons. The molecular weight excluding hydrogens is 703 g/mol. The molecule has 0 spiro atoms. The minimum atomic E-state index is 0. The molecule has 7 rings (SSSR count). The van der Waals surface area contributed by atoms with Gasteiger partial charge in [0, 0.05) is 35.3 Å². The molecule has 0 saturated carbocycles. The molecule has 3 heterocycles. The number of pyridine rings is 3. The predicted molar refractivity (Wildman–Crippen MR) is 174 cm³/mol. The molecule has 0 N–H and O–H groups in total. The Morgan fingerprint density at radius 2 is 0.605 bits per heavy atom. The van der Waals surface area contributed by atoms with Crippen LogP contribution in [-0.2, 0) is 20.1 Å². The normalized spacial score (nSPS) is 9.67. The standard InChI is InChI=1S/C17H13N.2C11H9N.Ir/c1-3-7-14(8-4-1)16-11-12-18-17(13-16)15-9-5-2-6-10-15;2*1-2-6-10(7-3-1)11-8-4-5-9-12-11;/h1-13H;2*1-9H;/q;;;+3. The predicted octanol–water partition coefficient (Wildman–Crippen LogP) is 9.91. The molecule has 0 aliphatic heterocycles. The van der Waals surface area contributed by atoms with Crippen LogP contribution < -0.4 is 0 Å². The summed E-state index contributed by atoms with van der Waals surface area (Å²) in [4.78, 5) is 12.9. The molecular formula is C39H31IrN3+3. The number of aromatic nitrogens is 3. The summed E-state index contributed by atoms with van der Waals surface area (Å²) in [6, 6.07) is 57.0. The molecule has 0 unspecified atom stereocenters. The molecule has 0 radical (unpaired) electrons. The Kier molecular flexibility index (Phi) is 12.3. The van der Waals surface area contributed by atoms with Crippen molar-refractivity contribution in [3.8, 4) is 44.9 Å². The van der Waals surface area contributed by atoms with E-state index >= 15 is 0 Å². The van der Waals surface area contributed by atoms with E-state index in [1.165, 1.54) is 11.1 Å². The van der Waals surface area contributed by atoms with Crippen LogP contribution in [-0.4, -0.2) is 15.0 Å². The first kappa shape index (κ1) is 30.9. The van der Waals surface area contributed by atoms with Crippen molar-refractivity contribution in [1.29, 1.82) is 0 Å². The molecule has 0 bridgehead atoms. The third-order valence-corrected chi connectivity index (χ3v) is 6.41. The van der Waals surface area contributed by atoms with E-state index in [1.54, 1.807) is 0 Å². The molecule has 0 atom stereocenters. The zero-order valence-corrected chi connectivity index (χ0v) is 26.0. The van der Waals surface area contributed by atoms with E-state index in [0.717, 1.165) is 33.8 Å². The first-order valence-corrected chi connectivity index (χ1v) is 13.9. The number of nitrogens with zero attached hydrogens (tertiary/aromatic N) is 3. The Hall–Kier alpha value is -5.02. The van der Waals surface area contributed by atoms with Gasteiger partial charge in [-0.25, -0.2) is 0 Å². The van der Waals surface area contributed by atoms with Crippen molar-refractivity contribution in [2.75, 3.05) is 0 Å². The van der Waals surface area contributed by atoms with Gasteiger partial charge in [-0.3, -0.25) is 15.0 Å². The molecule has 0 saturated heterocycles. The van der Waals surface area contributed by atoms with Crippen LogP contribution in [0.3, 0.4) is 0 Å². The van der Waals surface area contributed by atoms with Gasteiger partial charge in [-0.2, -0.15) is 0 Å². The van der Waals surface area contributed by atoms with Gasteiger partial charge in [-0.05, 0) is 47.5 Å². The van der Waals surface area contributed by atoms with E-state index in [4.69, 9.17) is 0 Å². The number of rotatable bonds is 4. The second-order valence-corrected chi connectivity index (χ2v) is 9.32. The minimum absolute atomic E-state index is 0. The smallest absolute Gasteiger partial charge is 0.256 e. The number of benzene rings is 4. The Bertz CT molecular complexity index is 1530. The van der Waals surface area contributed by atoms with E-state index in [9.17, 15) is 0 Å². The van der Waals surface area contributed by atoms with Crippen LogP contribution in [0.4, 0.5) is 0 Å². The maximum absolute atomic E-state index is 4.44. The topological polar surface area (TPSA) is 38.7 Å². The summed E-state index contributed by atoms with van der Waals surface area (Å²) in [6.07, 6.45) is 5.48. The summed E-state index contributed by atoms with van der Waals surface area (Å²) in [5.74, 6) is 0. The molecule has 0 aliphatic carbocycles. The molecule has 0 fully saturated rings. The second kappa shape index (κ2) is 17.1. The zero-order valence-electron chi connectivity index (χ0n) is 23.6. The molecule has 0 amide bonds. The van der Waals surface area contributed by atoms with E-state index in [2.05, 4.69) is 81.7 Å². The molecule has 43 heavy (non-hydrogen) atoms. The fraction of sp³-hybridized carbons (Fsp3) is 0. The van der Waals surface area contributed by atoms with Crippen molar-refractivity contribution in [3.63, 3.8) is 0 Å². The van der Waals surface area contributed by atoms with Crippen molar-refractivity contribution < 1.29 is 20.1 Å². The van der Waals surface area contributed by atoms with Crippen LogP contribution in [0.2, 0.25) is 0 Å². The summed E-state index contributed by atoms with van der Waals surface area (Å²) in [5, 5.41) is 0. The van der Waals surface area contributed by atoms with Gasteiger partial charge >= 0.3 is 20.1 Å². The summed E-state index contributed by atoms with van der Waals surface area (Å²) < 4.78 is 0. The van der Waals surface area contributed by atoms with E-state index in [1.807, 2.05) is 122 Å². The minimum Gasteiger partial charge on any atom is -0.256 e. The van der Waals surface area contributed by atoms with Gasteiger partial charge in [0.05, 0.1) is 17.1 Å². The van der Waals surface area contributed by atoms with Gasteiger partial charge in [-0.15, -0.1) is 0 Å². The zero-order chi connectivity index (χ0) is 28.7. The third kappa shape index (κ3) is 9.51. The fourth-order valence-electron chi connectivity index (χ4n) is 4.29. The molecule has 7 aromatic rings. The van der Waals surface area contributed by atoms with Crippen LogP contribution >= 0.6 is 0 Å². The number of hydrogen-bond donors (Lipinski definition) is 0. The Morgan fingerprint density at radius 3 is 1.00 bits per heavy atom. The van der Waals surface area contributed by atoms with Crippen LogP contribution in [0.15, 0.2) is 188 Å². The van der Waals surface area contributed by atoms with E-state index in [0.29, 0.717) is 0 Å². The molecule has 4 heteroatoms. The van der Waals surface area contributed by atoms with Crippen molar-refractivity contribution in [2.24, 2.45) is 0 Å². The largest absolute Gasteiger partial charge is 3.00 e. The summed E-state index contributed by atoms with van der Waals surface area (Å²) in [6.45, 7) is 0. The van der Waals surface area contributed by atoms with Crippen molar-refractivity contribution in [3.05, 3.63) is 188 Å². The summed E-state index contributed by atoms with van der Waals surface area (Å²) >= 11 is 0. The van der Waals surface area contributed by atoms with E-state index in [-0.39, 0.29) is 20.1 Å². The van der Waals surface area contributed by atoms with Gasteiger partial charge in [0.1, 0.15) is 0 Å². The molecule has 4 aromatic carbocycles. The van der Waals surface area contributed by atoms with Gasteiger partial charge in [0.15, 0.2) is 0 Å².